The average molecular weight is 211 g/mol. The molecule has 0 aliphatic carbocycles. The van der Waals surface area contributed by atoms with E-state index in [2.05, 4.69) is 4.84 Å². The monoisotopic (exact) mass is 211 g/mol. The van der Waals surface area contributed by atoms with Crippen LogP contribution in [0.1, 0.15) is 15.9 Å². The van der Waals surface area contributed by atoms with Crippen LogP contribution < -0.4 is 10.6 Å². The van der Waals surface area contributed by atoms with Crippen LogP contribution in [0, 0.1) is 0 Å². The van der Waals surface area contributed by atoms with Crippen LogP contribution in [0.4, 0.5) is 0 Å². The van der Waals surface area contributed by atoms with Crippen molar-refractivity contribution in [2.24, 2.45) is 5.90 Å². The van der Waals surface area contributed by atoms with Gasteiger partial charge < -0.3 is 14.7 Å². The Kier molecular flexibility index (Phi) is 4.08. The second kappa shape index (κ2) is 5.33. The maximum absolute atomic E-state index is 10.7. The minimum atomic E-state index is -0.0583. The van der Waals surface area contributed by atoms with Gasteiger partial charge in [0.15, 0.2) is 11.5 Å². The van der Waals surface area contributed by atoms with E-state index in [0.717, 1.165) is 5.56 Å². The van der Waals surface area contributed by atoms with Crippen molar-refractivity contribution in [2.45, 2.75) is 6.42 Å². The van der Waals surface area contributed by atoms with Gasteiger partial charge in [-0.05, 0) is 24.1 Å². The third-order valence-electron chi connectivity index (χ3n) is 2.06. The minimum absolute atomic E-state index is 0.0583. The Bertz CT molecular complexity index is 352. The van der Waals surface area contributed by atoms with Gasteiger partial charge in [-0.3, -0.25) is 4.79 Å². The number of benzene rings is 1. The number of carbonyl (C=O) groups excluding carboxylic acids is 1. The molecule has 0 bridgehead atoms. The van der Waals surface area contributed by atoms with Gasteiger partial charge in [0.1, 0.15) is 6.29 Å². The molecule has 0 aliphatic rings. The molecule has 0 atom stereocenters. The fourth-order valence-corrected chi connectivity index (χ4v) is 1.29. The summed E-state index contributed by atoms with van der Waals surface area (Å²) in [4.78, 5) is 15.1. The zero-order valence-electron chi connectivity index (χ0n) is 8.40. The van der Waals surface area contributed by atoms with Crippen molar-refractivity contribution in [3.8, 4) is 11.5 Å². The molecule has 0 aromatic heterocycles. The van der Waals surface area contributed by atoms with Crippen molar-refractivity contribution in [1.82, 2.24) is 0 Å². The number of carbonyl (C=O) groups is 1. The highest BCUT2D eigenvalue weighted by Crippen LogP contribution is 2.28. The van der Waals surface area contributed by atoms with E-state index in [1.165, 1.54) is 13.2 Å². The molecule has 5 heteroatoms. The largest absolute Gasteiger partial charge is 0.504 e. The van der Waals surface area contributed by atoms with Crippen molar-refractivity contribution >= 4 is 6.29 Å². The van der Waals surface area contributed by atoms with Gasteiger partial charge in [-0.2, -0.15) is 0 Å². The minimum Gasteiger partial charge on any atom is -0.504 e. The highest BCUT2D eigenvalue weighted by molar-refractivity contribution is 5.79. The van der Waals surface area contributed by atoms with Gasteiger partial charge >= 0.3 is 0 Å². The van der Waals surface area contributed by atoms with Crippen molar-refractivity contribution in [2.75, 3.05) is 13.7 Å². The van der Waals surface area contributed by atoms with Gasteiger partial charge in [0, 0.05) is 5.56 Å². The standard InChI is InChI=1S/C10H13NO4/c1-14-10-5-7(2-3-15-11)8(6-12)4-9(10)13/h4-6,13H,2-3,11H2,1H3. The molecule has 0 heterocycles. The number of rotatable bonds is 5. The summed E-state index contributed by atoms with van der Waals surface area (Å²) in [6.45, 7) is 0.300. The van der Waals surface area contributed by atoms with Crippen LogP contribution in [0.25, 0.3) is 0 Å². The van der Waals surface area contributed by atoms with E-state index in [0.29, 0.717) is 30.6 Å². The van der Waals surface area contributed by atoms with E-state index in [1.54, 1.807) is 6.07 Å². The average Bonchev–Trinajstić information content (AvgIpc) is 2.26. The maximum atomic E-state index is 10.7. The lowest BCUT2D eigenvalue weighted by molar-refractivity contribution is 0.112. The maximum Gasteiger partial charge on any atom is 0.160 e. The number of hydrogen-bond donors (Lipinski definition) is 2. The summed E-state index contributed by atoms with van der Waals surface area (Å²) >= 11 is 0. The normalized spacial score (nSPS) is 10.0. The van der Waals surface area contributed by atoms with Crippen molar-refractivity contribution in [3.63, 3.8) is 0 Å². The van der Waals surface area contributed by atoms with Gasteiger partial charge in [0.2, 0.25) is 0 Å². The van der Waals surface area contributed by atoms with Gasteiger partial charge in [-0.15, -0.1) is 0 Å². The Labute approximate surface area is 87.4 Å². The molecule has 3 N–H and O–H groups in total. The summed E-state index contributed by atoms with van der Waals surface area (Å²) in [6.07, 6.45) is 1.16. The van der Waals surface area contributed by atoms with Crippen LogP contribution in [-0.2, 0) is 11.3 Å². The van der Waals surface area contributed by atoms with E-state index in [1.807, 2.05) is 0 Å². The third kappa shape index (κ3) is 2.68. The highest BCUT2D eigenvalue weighted by atomic mass is 16.6. The molecule has 0 amide bonds. The van der Waals surface area contributed by atoms with Gasteiger partial charge in [0.05, 0.1) is 13.7 Å². The summed E-state index contributed by atoms with van der Waals surface area (Å²) in [5.74, 6) is 5.17. The molecule has 0 saturated carbocycles. The number of ether oxygens (including phenoxy) is 1. The number of phenolic OH excluding ortho intramolecular Hbond substituents is 1. The lowest BCUT2D eigenvalue weighted by atomic mass is 10.0. The zero-order chi connectivity index (χ0) is 11.3. The molecule has 0 fully saturated rings. The summed E-state index contributed by atoms with van der Waals surface area (Å²) in [7, 11) is 1.44. The number of hydrogen-bond acceptors (Lipinski definition) is 5. The molecule has 0 unspecified atom stereocenters. The lowest BCUT2D eigenvalue weighted by Gasteiger charge is -2.08. The van der Waals surface area contributed by atoms with Crippen LogP contribution in [0.3, 0.4) is 0 Å². The predicted octanol–water partition coefficient (Wildman–Crippen LogP) is 0.646. The molecule has 0 radical (unpaired) electrons. The van der Waals surface area contributed by atoms with Gasteiger partial charge in [0.25, 0.3) is 0 Å². The molecule has 5 nitrogen and oxygen atoms in total. The van der Waals surface area contributed by atoms with Gasteiger partial charge in [-0.1, -0.05) is 0 Å². The number of methoxy groups -OCH3 is 1. The first-order chi connectivity index (χ1) is 7.22. The first kappa shape index (κ1) is 11.5. The Morgan fingerprint density at radius 1 is 1.53 bits per heavy atom. The van der Waals surface area contributed by atoms with E-state index in [-0.39, 0.29) is 5.75 Å². The summed E-state index contributed by atoms with van der Waals surface area (Å²) in [5.41, 5.74) is 1.13. The molecule has 15 heavy (non-hydrogen) atoms. The van der Waals surface area contributed by atoms with Crippen LogP contribution in [0.15, 0.2) is 12.1 Å². The van der Waals surface area contributed by atoms with Crippen LogP contribution in [0.2, 0.25) is 0 Å². The second-order valence-electron chi connectivity index (χ2n) is 2.96. The smallest absolute Gasteiger partial charge is 0.160 e. The summed E-state index contributed by atoms with van der Waals surface area (Å²) < 4.78 is 4.93. The Morgan fingerprint density at radius 3 is 2.80 bits per heavy atom. The molecule has 1 aromatic rings. The van der Waals surface area contributed by atoms with Crippen LogP contribution in [-0.4, -0.2) is 25.1 Å². The summed E-state index contributed by atoms with van der Waals surface area (Å²) in [5, 5.41) is 9.43. The fraction of sp³-hybridized carbons (Fsp3) is 0.300. The van der Waals surface area contributed by atoms with E-state index in [4.69, 9.17) is 10.6 Å². The van der Waals surface area contributed by atoms with Gasteiger partial charge in [-0.25, -0.2) is 5.90 Å². The number of phenols is 1. The molecule has 1 rings (SSSR count). The number of aromatic hydroxyl groups is 1. The molecule has 0 spiro atoms. The molecule has 82 valence electrons. The Morgan fingerprint density at radius 2 is 2.27 bits per heavy atom. The van der Waals surface area contributed by atoms with Crippen molar-refractivity contribution < 1.29 is 19.5 Å². The molecule has 0 saturated heterocycles. The molecular formula is C10H13NO4. The predicted molar refractivity (Wildman–Crippen MR) is 53.9 cm³/mol. The number of aldehydes is 1. The lowest BCUT2D eigenvalue weighted by Crippen LogP contribution is -2.05. The first-order valence-corrected chi connectivity index (χ1v) is 4.39. The second-order valence-corrected chi connectivity index (χ2v) is 2.96. The zero-order valence-corrected chi connectivity index (χ0v) is 8.40. The molecule has 0 aliphatic heterocycles. The van der Waals surface area contributed by atoms with Crippen LogP contribution in [0.5, 0.6) is 11.5 Å². The number of nitrogens with two attached hydrogens (primary N) is 1. The Hall–Kier alpha value is -1.59. The topological polar surface area (TPSA) is 81.8 Å². The van der Waals surface area contributed by atoms with Crippen molar-refractivity contribution in [3.05, 3.63) is 23.3 Å². The SMILES string of the molecule is COc1cc(CCON)c(C=O)cc1O. The summed E-state index contributed by atoms with van der Waals surface area (Å²) in [6, 6.07) is 2.95. The molecular weight excluding hydrogens is 198 g/mol. The quantitative estimate of drug-likeness (QED) is 0.552. The molecule has 1 aromatic carbocycles. The van der Waals surface area contributed by atoms with E-state index >= 15 is 0 Å². The van der Waals surface area contributed by atoms with Crippen LogP contribution >= 0.6 is 0 Å². The van der Waals surface area contributed by atoms with Crippen molar-refractivity contribution in [1.29, 1.82) is 0 Å². The third-order valence-corrected chi connectivity index (χ3v) is 2.06. The van der Waals surface area contributed by atoms with E-state index in [9.17, 15) is 9.90 Å². The van der Waals surface area contributed by atoms with E-state index < -0.39 is 0 Å². The first-order valence-electron chi connectivity index (χ1n) is 4.39. The fourth-order valence-electron chi connectivity index (χ4n) is 1.29. The Balaban J connectivity index is 3.05. The highest BCUT2D eigenvalue weighted by Gasteiger charge is 2.08.